The lowest BCUT2D eigenvalue weighted by atomic mass is 9.98. The average molecular weight is 228 g/mol. The van der Waals surface area contributed by atoms with Crippen molar-refractivity contribution in [3.63, 3.8) is 0 Å². The second-order valence-corrected chi connectivity index (χ2v) is 4.77. The van der Waals surface area contributed by atoms with Crippen molar-refractivity contribution in [2.24, 2.45) is 0 Å². The standard InChI is InChI=1S/C12H24N2O2/c1-4-11(8-15)13-12(16)14-9(2)6-5-7-10(14)3/h9-11,15H,4-8H2,1-3H3,(H,13,16). The molecule has 0 aromatic rings. The molecule has 0 spiro atoms. The number of nitrogens with one attached hydrogen (secondary N) is 1. The molecule has 1 saturated heterocycles. The molecule has 2 amide bonds. The molecule has 3 atom stereocenters. The summed E-state index contributed by atoms with van der Waals surface area (Å²) in [6.07, 6.45) is 4.11. The summed E-state index contributed by atoms with van der Waals surface area (Å²) in [6, 6.07) is 0.467. The van der Waals surface area contributed by atoms with Crippen molar-refractivity contribution in [2.45, 2.75) is 64.6 Å². The SMILES string of the molecule is CCC(CO)NC(=O)N1C(C)CCCC1C. The van der Waals surface area contributed by atoms with Gasteiger partial charge >= 0.3 is 6.03 Å². The van der Waals surface area contributed by atoms with Crippen molar-refractivity contribution >= 4 is 6.03 Å². The maximum atomic E-state index is 12.1. The quantitative estimate of drug-likeness (QED) is 0.773. The molecule has 1 fully saturated rings. The fourth-order valence-corrected chi connectivity index (χ4v) is 2.35. The minimum atomic E-state index is -0.117. The number of hydrogen-bond donors (Lipinski definition) is 2. The first-order chi connectivity index (χ1) is 7.60. The number of nitrogens with zero attached hydrogens (tertiary/aromatic N) is 1. The third kappa shape index (κ3) is 3.11. The molecule has 0 aromatic carbocycles. The van der Waals surface area contributed by atoms with Crippen molar-refractivity contribution in [1.82, 2.24) is 10.2 Å². The zero-order valence-corrected chi connectivity index (χ0v) is 10.6. The zero-order valence-electron chi connectivity index (χ0n) is 10.6. The molecule has 16 heavy (non-hydrogen) atoms. The van der Waals surface area contributed by atoms with Gasteiger partial charge in [0.05, 0.1) is 12.6 Å². The van der Waals surface area contributed by atoms with Gasteiger partial charge in [-0.1, -0.05) is 6.92 Å². The summed E-state index contributed by atoms with van der Waals surface area (Å²) in [5.74, 6) is 0. The van der Waals surface area contributed by atoms with Gasteiger partial charge in [0.25, 0.3) is 0 Å². The van der Waals surface area contributed by atoms with E-state index in [1.54, 1.807) is 0 Å². The van der Waals surface area contributed by atoms with Gasteiger partial charge in [0.2, 0.25) is 0 Å². The van der Waals surface area contributed by atoms with Crippen LogP contribution in [0.3, 0.4) is 0 Å². The molecule has 2 N–H and O–H groups in total. The van der Waals surface area contributed by atoms with E-state index in [4.69, 9.17) is 5.11 Å². The maximum absolute atomic E-state index is 12.1. The highest BCUT2D eigenvalue weighted by atomic mass is 16.3. The van der Waals surface area contributed by atoms with Crippen LogP contribution in [0.15, 0.2) is 0 Å². The highest BCUT2D eigenvalue weighted by Crippen LogP contribution is 2.22. The van der Waals surface area contributed by atoms with E-state index in [1.165, 1.54) is 6.42 Å². The number of carbonyl (C=O) groups excluding carboxylic acids is 1. The number of aliphatic hydroxyl groups is 1. The molecule has 1 aliphatic heterocycles. The molecule has 0 saturated carbocycles. The van der Waals surface area contributed by atoms with E-state index in [0.29, 0.717) is 12.1 Å². The van der Waals surface area contributed by atoms with Crippen LogP contribution >= 0.6 is 0 Å². The topological polar surface area (TPSA) is 52.6 Å². The fourth-order valence-electron chi connectivity index (χ4n) is 2.35. The molecular weight excluding hydrogens is 204 g/mol. The first-order valence-corrected chi connectivity index (χ1v) is 6.29. The van der Waals surface area contributed by atoms with Gasteiger partial charge in [-0.2, -0.15) is 0 Å². The summed E-state index contributed by atoms with van der Waals surface area (Å²) >= 11 is 0. The van der Waals surface area contributed by atoms with E-state index in [0.717, 1.165) is 19.3 Å². The van der Waals surface area contributed by atoms with Gasteiger partial charge in [0.15, 0.2) is 0 Å². The number of urea groups is 1. The predicted molar refractivity (Wildman–Crippen MR) is 64.3 cm³/mol. The molecule has 0 aromatic heterocycles. The Balaban J connectivity index is 2.56. The van der Waals surface area contributed by atoms with Crippen molar-refractivity contribution in [3.8, 4) is 0 Å². The van der Waals surface area contributed by atoms with Gasteiger partial charge in [-0.15, -0.1) is 0 Å². The number of carbonyl (C=O) groups is 1. The van der Waals surface area contributed by atoms with E-state index >= 15 is 0 Å². The Morgan fingerprint density at radius 1 is 1.44 bits per heavy atom. The van der Waals surface area contributed by atoms with Crippen LogP contribution < -0.4 is 5.32 Å². The van der Waals surface area contributed by atoms with Crippen LogP contribution in [0.2, 0.25) is 0 Å². The van der Waals surface area contributed by atoms with Crippen molar-refractivity contribution < 1.29 is 9.90 Å². The molecule has 0 aliphatic carbocycles. The Kier molecular flexibility index (Phi) is 5.06. The van der Waals surface area contributed by atoms with Gasteiger partial charge in [0.1, 0.15) is 0 Å². The molecule has 1 rings (SSSR count). The molecule has 4 heteroatoms. The third-order valence-electron chi connectivity index (χ3n) is 3.47. The van der Waals surface area contributed by atoms with E-state index in [-0.39, 0.29) is 18.7 Å². The lowest BCUT2D eigenvalue weighted by Crippen LogP contribution is -2.54. The van der Waals surface area contributed by atoms with Gasteiger partial charge in [-0.25, -0.2) is 4.79 Å². The van der Waals surface area contributed by atoms with Crippen molar-refractivity contribution in [3.05, 3.63) is 0 Å². The van der Waals surface area contributed by atoms with Gasteiger partial charge in [0, 0.05) is 12.1 Å². The zero-order chi connectivity index (χ0) is 12.1. The summed E-state index contributed by atoms with van der Waals surface area (Å²) in [4.78, 5) is 14.0. The molecule has 0 radical (unpaired) electrons. The van der Waals surface area contributed by atoms with Crippen LogP contribution in [-0.2, 0) is 0 Å². The maximum Gasteiger partial charge on any atom is 0.318 e. The summed E-state index contributed by atoms with van der Waals surface area (Å²) < 4.78 is 0. The molecule has 0 bridgehead atoms. The highest BCUT2D eigenvalue weighted by Gasteiger charge is 2.29. The Bertz CT molecular complexity index is 219. The molecule has 94 valence electrons. The van der Waals surface area contributed by atoms with Crippen LogP contribution in [0.5, 0.6) is 0 Å². The van der Waals surface area contributed by atoms with Crippen molar-refractivity contribution in [1.29, 1.82) is 0 Å². The van der Waals surface area contributed by atoms with E-state index in [1.807, 2.05) is 11.8 Å². The van der Waals surface area contributed by atoms with Crippen LogP contribution in [0, 0.1) is 0 Å². The summed E-state index contributed by atoms with van der Waals surface area (Å²) in [5, 5.41) is 12.0. The predicted octanol–water partition coefficient (Wildman–Crippen LogP) is 1.73. The Hall–Kier alpha value is -0.770. The number of aliphatic hydroxyl groups excluding tert-OH is 1. The fraction of sp³-hybridized carbons (Fsp3) is 0.917. The van der Waals surface area contributed by atoms with Gasteiger partial charge in [-0.05, 0) is 39.5 Å². The second kappa shape index (κ2) is 6.09. The average Bonchev–Trinajstić information content (AvgIpc) is 2.25. The van der Waals surface area contributed by atoms with Crippen LogP contribution in [0.25, 0.3) is 0 Å². The van der Waals surface area contributed by atoms with E-state index in [9.17, 15) is 4.79 Å². The first kappa shape index (κ1) is 13.3. The Labute approximate surface area is 98.0 Å². The third-order valence-corrected chi connectivity index (χ3v) is 3.47. The lowest BCUT2D eigenvalue weighted by Gasteiger charge is -2.39. The first-order valence-electron chi connectivity index (χ1n) is 6.29. The number of piperidine rings is 1. The Morgan fingerprint density at radius 3 is 2.44 bits per heavy atom. The monoisotopic (exact) mass is 228 g/mol. The Morgan fingerprint density at radius 2 is 2.00 bits per heavy atom. The molecule has 1 aliphatic rings. The molecular formula is C12H24N2O2. The highest BCUT2D eigenvalue weighted by molar-refractivity contribution is 5.75. The van der Waals surface area contributed by atoms with Gasteiger partial charge < -0.3 is 15.3 Å². The van der Waals surface area contributed by atoms with Crippen molar-refractivity contribution in [2.75, 3.05) is 6.61 Å². The molecule has 3 unspecified atom stereocenters. The largest absolute Gasteiger partial charge is 0.394 e. The number of amides is 2. The molecule has 1 heterocycles. The number of rotatable bonds is 3. The van der Waals surface area contributed by atoms with Crippen LogP contribution in [0.1, 0.15) is 46.5 Å². The van der Waals surface area contributed by atoms with E-state index in [2.05, 4.69) is 19.2 Å². The normalized spacial score (nSPS) is 27.6. The number of hydrogen-bond acceptors (Lipinski definition) is 2. The van der Waals surface area contributed by atoms with Gasteiger partial charge in [-0.3, -0.25) is 0 Å². The minimum absolute atomic E-state index is 0.0127. The summed E-state index contributed by atoms with van der Waals surface area (Å²) in [7, 11) is 0. The summed E-state index contributed by atoms with van der Waals surface area (Å²) in [5.41, 5.74) is 0. The van der Waals surface area contributed by atoms with Crippen LogP contribution in [-0.4, -0.2) is 40.8 Å². The summed E-state index contributed by atoms with van der Waals surface area (Å²) in [6.45, 7) is 6.16. The number of likely N-dealkylation sites (tertiary alicyclic amines) is 1. The smallest absolute Gasteiger partial charge is 0.318 e. The minimum Gasteiger partial charge on any atom is -0.394 e. The molecule has 4 nitrogen and oxygen atoms in total. The second-order valence-electron chi connectivity index (χ2n) is 4.77. The van der Waals surface area contributed by atoms with Crippen LogP contribution in [0.4, 0.5) is 4.79 Å². The van der Waals surface area contributed by atoms with E-state index < -0.39 is 0 Å². The lowest BCUT2D eigenvalue weighted by molar-refractivity contribution is 0.116.